The number of hydrogen-bond acceptors (Lipinski definition) is 11. The van der Waals surface area contributed by atoms with Crippen LogP contribution < -0.4 is 0 Å². The van der Waals surface area contributed by atoms with Crippen molar-refractivity contribution < 1.29 is 54.0 Å². The second kappa shape index (κ2) is 9.60. The molecule has 2 saturated heterocycles. The first-order chi connectivity index (χ1) is 16.9. The second-order valence-electron chi connectivity index (χ2n) is 9.11. The average Bonchev–Trinajstić information content (AvgIpc) is 3.56. The highest BCUT2D eigenvalue weighted by Gasteiger charge is 2.76. The van der Waals surface area contributed by atoms with Crippen molar-refractivity contribution in [3.63, 3.8) is 0 Å². The van der Waals surface area contributed by atoms with Crippen LogP contribution in [0.2, 0.25) is 0 Å². The van der Waals surface area contributed by atoms with Crippen LogP contribution in [0.4, 0.5) is 0 Å². The molecule has 3 fully saturated rings. The third-order valence-corrected chi connectivity index (χ3v) is 7.03. The first kappa shape index (κ1) is 24.3. The Hall–Kier alpha value is -2.35. The molecule has 0 aromatic heterocycles. The lowest BCUT2D eigenvalue weighted by molar-refractivity contribution is -0.344. The Labute approximate surface area is 200 Å². The van der Waals surface area contributed by atoms with Crippen LogP contribution in [-0.4, -0.2) is 99.5 Å². The minimum absolute atomic E-state index is 0.167. The van der Waals surface area contributed by atoms with E-state index in [4.69, 9.17) is 23.7 Å². The van der Waals surface area contributed by atoms with Crippen molar-refractivity contribution in [2.45, 2.75) is 54.8 Å². The summed E-state index contributed by atoms with van der Waals surface area (Å²) in [7, 11) is 0. The molecule has 0 radical (unpaired) electrons. The molecule has 4 aliphatic rings. The van der Waals surface area contributed by atoms with Gasteiger partial charge in [-0.2, -0.15) is 0 Å². The quantitative estimate of drug-likeness (QED) is 0.174. The normalized spacial score (nSPS) is 43.9. The first-order valence-corrected chi connectivity index (χ1v) is 11.4. The van der Waals surface area contributed by atoms with E-state index >= 15 is 0 Å². The number of rotatable bonds is 7. The van der Waals surface area contributed by atoms with Crippen LogP contribution in [0.1, 0.15) is 5.56 Å². The lowest BCUT2D eigenvalue weighted by atomic mass is 9.85. The van der Waals surface area contributed by atoms with E-state index < -0.39 is 79.2 Å². The molecular weight excluding hydrogens is 464 g/mol. The molecule has 11 atom stereocenters. The zero-order valence-electron chi connectivity index (χ0n) is 18.6. The minimum atomic E-state index is -1.63. The smallest absolute Gasteiger partial charge is 0.330 e. The van der Waals surface area contributed by atoms with Crippen molar-refractivity contribution in [1.82, 2.24) is 0 Å². The van der Waals surface area contributed by atoms with E-state index in [1.807, 2.05) is 30.3 Å². The Balaban J connectivity index is 1.28. The molecule has 1 aliphatic carbocycles. The average molecular weight is 492 g/mol. The Morgan fingerprint density at radius 1 is 1.03 bits per heavy atom. The zero-order valence-corrected chi connectivity index (χ0v) is 18.6. The van der Waals surface area contributed by atoms with Crippen molar-refractivity contribution >= 4 is 12.0 Å². The molecule has 35 heavy (non-hydrogen) atoms. The maximum Gasteiger partial charge on any atom is 0.330 e. The van der Waals surface area contributed by atoms with E-state index in [0.29, 0.717) is 0 Å². The molecule has 11 heteroatoms. The zero-order chi connectivity index (χ0) is 24.7. The van der Waals surface area contributed by atoms with Gasteiger partial charge in [0.25, 0.3) is 0 Å². The Kier molecular flexibility index (Phi) is 6.68. The van der Waals surface area contributed by atoms with Crippen molar-refractivity contribution in [2.24, 2.45) is 11.8 Å². The SMILES string of the molecule is O=C(C=Cc1ccccc1)OC[C@]12OC1C(O)C1C=COC(OC3OC(CO)C(O)C(O)C3O)C12. The molecule has 3 aliphatic heterocycles. The van der Waals surface area contributed by atoms with E-state index in [1.165, 1.54) is 12.3 Å². The number of hydrogen-bond donors (Lipinski definition) is 5. The van der Waals surface area contributed by atoms with Crippen molar-refractivity contribution in [2.75, 3.05) is 13.2 Å². The predicted molar refractivity (Wildman–Crippen MR) is 116 cm³/mol. The van der Waals surface area contributed by atoms with Gasteiger partial charge in [0.15, 0.2) is 6.29 Å². The van der Waals surface area contributed by atoms with Crippen molar-refractivity contribution in [1.29, 1.82) is 0 Å². The second-order valence-corrected chi connectivity index (χ2v) is 9.11. The molecule has 5 rings (SSSR count). The van der Waals surface area contributed by atoms with Crippen LogP contribution in [-0.2, 0) is 28.5 Å². The first-order valence-electron chi connectivity index (χ1n) is 11.4. The third-order valence-electron chi connectivity index (χ3n) is 7.03. The maximum absolute atomic E-state index is 12.3. The molecule has 3 heterocycles. The fourth-order valence-corrected chi connectivity index (χ4v) is 5.11. The van der Waals surface area contributed by atoms with Crippen LogP contribution in [0, 0.1) is 11.8 Å². The van der Waals surface area contributed by atoms with E-state index in [-0.39, 0.29) is 6.61 Å². The summed E-state index contributed by atoms with van der Waals surface area (Å²) in [4.78, 5) is 12.3. The largest absolute Gasteiger partial charge is 0.472 e. The van der Waals surface area contributed by atoms with Gasteiger partial charge >= 0.3 is 5.97 Å². The summed E-state index contributed by atoms with van der Waals surface area (Å²) in [5, 5.41) is 50.5. The van der Waals surface area contributed by atoms with E-state index in [0.717, 1.165) is 5.56 Å². The lowest BCUT2D eigenvalue weighted by Crippen LogP contribution is -2.60. The van der Waals surface area contributed by atoms with Gasteiger partial charge in [0.2, 0.25) is 6.29 Å². The summed E-state index contributed by atoms with van der Waals surface area (Å²) in [6.07, 6.45) is -4.06. The number of carbonyl (C=O) groups is 1. The molecule has 1 aromatic rings. The van der Waals surface area contributed by atoms with Gasteiger partial charge in [-0.05, 0) is 17.7 Å². The van der Waals surface area contributed by atoms with Gasteiger partial charge in [-0.1, -0.05) is 30.3 Å². The highest BCUT2D eigenvalue weighted by molar-refractivity contribution is 5.87. The highest BCUT2D eigenvalue weighted by atomic mass is 16.8. The standard InChI is InChI=1S/C24H28O11/c25-10-14-18(28)19(29)20(30)23(33-14)34-22-16-13(8-9-31-22)17(27)21-24(16,35-21)11-32-15(26)7-6-12-4-2-1-3-5-12/h1-9,13-14,16-23,25,27-30H,10-11H2/t13?,14?,16?,17?,18?,19?,20?,21?,22?,23?,24-/m1/s1. The van der Waals surface area contributed by atoms with Crippen molar-refractivity contribution in [3.8, 4) is 0 Å². The molecule has 0 bridgehead atoms. The van der Waals surface area contributed by atoms with Gasteiger partial charge in [0, 0.05) is 12.0 Å². The molecule has 0 amide bonds. The Bertz CT molecular complexity index is 965. The monoisotopic (exact) mass is 492 g/mol. The van der Waals surface area contributed by atoms with Crippen LogP contribution >= 0.6 is 0 Å². The molecular formula is C24H28O11. The highest BCUT2D eigenvalue weighted by Crippen LogP contribution is 2.60. The summed E-state index contributed by atoms with van der Waals surface area (Å²) < 4.78 is 28.1. The summed E-state index contributed by atoms with van der Waals surface area (Å²) in [5.74, 6) is -1.67. The number of epoxide rings is 1. The maximum atomic E-state index is 12.3. The van der Waals surface area contributed by atoms with Crippen LogP contribution in [0.15, 0.2) is 48.7 Å². The molecule has 11 nitrogen and oxygen atoms in total. The minimum Gasteiger partial charge on any atom is -0.472 e. The van der Waals surface area contributed by atoms with Crippen LogP contribution in [0.3, 0.4) is 0 Å². The fourth-order valence-electron chi connectivity index (χ4n) is 5.11. The van der Waals surface area contributed by atoms with Gasteiger partial charge in [-0.25, -0.2) is 4.79 Å². The van der Waals surface area contributed by atoms with Gasteiger partial charge in [-0.15, -0.1) is 0 Å². The van der Waals surface area contributed by atoms with Gasteiger partial charge in [0.05, 0.1) is 24.9 Å². The van der Waals surface area contributed by atoms with E-state index in [2.05, 4.69) is 0 Å². The molecule has 5 N–H and O–H groups in total. The van der Waals surface area contributed by atoms with Crippen LogP contribution in [0.5, 0.6) is 0 Å². The van der Waals surface area contributed by atoms with E-state index in [9.17, 15) is 30.3 Å². The van der Waals surface area contributed by atoms with E-state index in [1.54, 1.807) is 12.2 Å². The number of fused-ring (bicyclic) bond motifs is 3. The van der Waals surface area contributed by atoms with Gasteiger partial charge in [-0.3, -0.25) is 0 Å². The summed E-state index contributed by atoms with van der Waals surface area (Å²) >= 11 is 0. The number of benzene rings is 1. The Morgan fingerprint density at radius 3 is 2.54 bits per heavy atom. The molecule has 1 saturated carbocycles. The van der Waals surface area contributed by atoms with Crippen molar-refractivity contribution in [3.05, 3.63) is 54.3 Å². The number of aliphatic hydroxyl groups excluding tert-OH is 5. The van der Waals surface area contributed by atoms with Gasteiger partial charge < -0.3 is 49.2 Å². The fraction of sp³-hybridized carbons (Fsp3) is 0.542. The topological polar surface area (TPSA) is 168 Å². The number of esters is 1. The molecule has 10 unspecified atom stereocenters. The van der Waals surface area contributed by atoms with Gasteiger partial charge in [0.1, 0.15) is 42.7 Å². The molecule has 190 valence electrons. The predicted octanol–water partition coefficient (Wildman–Crippen LogP) is -1.33. The molecule has 0 spiro atoms. The number of aliphatic hydroxyl groups is 5. The molecule has 1 aromatic carbocycles. The number of ether oxygens (including phenoxy) is 5. The summed E-state index contributed by atoms with van der Waals surface area (Å²) in [6, 6.07) is 9.24. The summed E-state index contributed by atoms with van der Waals surface area (Å²) in [5.41, 5.74) is -0.248. The third kappa shape index (κ3) is 4.39. The number of carbonyl (C=O) groups excluding carboxylic acids is 1. The lowest BCUT2D eigenvalue weighted by Gasteiger charge is -2.43. The van der Waals surface area contributed by atoms with Crippen LogP contribution in [0.25, 0.3) is 6.08 Å². The Morgan fingerprint density at radius 2 is 1.80 bits per heavy atom. The summed E-state index contributed by atoms with van der Waals surface area (Å²) in [6.45, 7) is -0.776.